The van der Waals surface area contributed by atoms with Gasteiger partial charge in [-0.1, -0.05) is 12.1 Å². The van der Waals surface area contributed by atoms with E-state index in [1.165, 1.54) is 0 Å². The SMILES string of the molecule is CCc1nc(CCNc2cc(N3CCC[C@@H]3CO)ncn2)no1. The molecule has 3 rings (SSSR count). The van der Waals surface area contributed by atoms with Crippen molar-refractivity contribution in [2.75, 3.05) is 29.9 Å². The van der Waals surface area contributed by atoms with E-state index in [2.05, 4.69) is 30.3 Å². The lowest BCUT2D eigenvalue weighted by Crippen LogP contribution is -2.32. The lowest BCUT2D eigenvalue weighted by molar-refractivity contribution is 0.266. The second-order valence-corrected chi connectivity index (χ2v) is 5.57. The smallest absolute Gasteiger partial charge is 0.226 e. The molecule has 0 radical (unpaired) electrons. The van der Waals surface area contributed by atoms with Crippen LogP contribution in [0.5, 0.6) is 0 Å². The third kappa shape index (κ3) is 3.76. The van der Waals surface area contributed by atoms with Crippen LogP contribution in [0.15, 0.2) is 16.9 Å². The van der Waals surface area contributed by atoms with Gasteiger partial charge in [0, 0.05) is 32.0 Å². The van der Waals surface area contributed by atoms with Gasteiger partial charge in [-0.3, -0.25) is 0 Å². The summed E-state index contributed by atoms with van der Waals surface area (Å²) in [5.41, 5.74) is 0. The van der Waals surface area contributed by atoms with Gasteiger partial charge in [-0.05, 0) is 12.8 Å². The Morgan fingerprint density at radius 1 is 1.43 bits per heavy atom. The standard InChI is InChI=1S/C15H22N6O2/c1-2-15-19-12(20-23-15)5-6-16-13-8-14(18-10-17-13)21-7-3-4-11(21)9-22/h8,10-11,22H,2-7,9H2,1H3,(H,16,17,18)/t11-/m1/s1. The molecule has 0 unspecified atom stereocenters. The first-order chi connectivity index (χ1) is 11.3. The number of nitrogens with zero attached hydrogens (tertiary/aromatic N) is 5. The Morgan fingerprint density at radius 2 is 2.35 bits per heavy atom. The molecule has 3 heterocycles. The number of anilines is 2. The summed E-state index contributed by atoms with van der Waals surface area (Å²) in [6.07, 6.45) is 5.05. The maximum Gasteiger partial charge on any atom is 0.226 e. The molecule has 0 saturated carbocycles. The van der Waals surface area contributed by atoms with E-state index in [4.69, 9.17) is 4.52 Å². The van der Waals surface area contributed by atoms with Crippen LogP contribution < -0.4 is 10.2 Å². The summed E-state index contributed by atoms with van der Waals surface area (Å²) in [7, 11) is 0. The van der Waals surface area contributed by atoms with Gasteiger partial charge in [0.2, 0.25) is 5.89 Å². The molecule has 8 nitrogen and oxygen atoms in total. The number of nitrogens with one attached hydrogen (secondary N) is 1. The molecule has 8 heteroatoms. The number of rotatable bonds is 7. The van der Waals surface area contributed by atoms with E-state index < -0.39 is 0 Å². The molecular formula is C15H22N6O2. The van der Waals surface area contributed by atoms with Crippen molar-refractivity contribution in [3.63, 3.8) is 0 Å². The molecule has 0 amide bonds. The zero-order valence-electron chi connectivity index (χ0n) is 13.3. The van der Waals surface area contributed by atoms with Crippen molar-refractivity contribution in [2.24, 2.45) is 0 Å². The highest BCUT2D eigenvalue weighted by Gasteiger charge is 2.25. The fourth-order valence-electron chi connectivity index (χ4n) is 2.77. The Balaban J connectivity index is 1.57. The molecule has 2 aromatic rings. The summed E-state index contributed by atoms with van der Waals surface area (Å²) in [5, 5.41) is 16.6. The quantitative estimate of drug-likeness (QED) is 0.781. The molecule has 1 aliphatic heterocycles. The Hall–Kier alpha value is -2.22. The largest absolute Gasteiger partial charge is 0.394 e. The van der Waals surface area contributed by atoms with Crippen LogP contribution in [0, 0.1) is 0 Å². The summed E-state index contributed by atoms with van der Waals surface area (Å²) in [4.78, 5) is 15.0. The van der Waals surface area contributed by atoms with Crippen molar-refractivity contribution >= 4 is 11.6 Å². The van der Waals surface area contributed by atoms with Crippen LogP contribution in [0.3, 0.4) is 0 Å². The molecule has 0 spiro atoms. The molecule has 0 aliphatic carbocycles. The van der Waals surface area contributed by atoms with Crippen molar-refractivity contribution in [1.82, 2.24) is 20.1 Å². The van der Waals surface area contributed by atoms with Crippen molar-refractivity contribution < 1.29 is 9.63 Å². The summed E-state index contributed by atoms with van der Waals surface area (Å²) in [5.74, 6) is 2.97. The predicted octanol–water partition coefficient (Wildman–Crippen LogP) is 1.04. The van der Waals surface area contributed by atoms with Crippen molar-refractivity contribution in [2.45, 2.75) is 38.6 Å². The lowest BCUT2D eigenvalue weighted by Gasteiger charge is -2.24. The summed E-state index contributed by atoms with van der Waals surface area (Å²) >= 11 is 0. The van der Waals surface area contributed by atoms with E-state index in [-0.39, 0.29) is 12.6 Å². The maximum atomic E-state index is 9.43. The van der Waals surface area contributed by atoms with Crippen LogP contribution in [-0.4, -0.2) is 51.0 Å². The van der Waals surface area contributed by atoms with E-state index in [1.54, 1.807) is 6.33 Å². The van der Waals surface area contributed by atoms with Gasteiger partial charge in [0.25, 0.3) is 0 Å². The van der Waals surface area contributed by atoms with E-state index in [9.17, 15) is 5.11 Å². The van der Waals surface area contributed by atoms with E-state index >= 15 is 0 Å². The topological polar surface area (TPSA) is 100 Å². The van der Waals surface area contributed by atoms with Crippen molar-refractivity contribution in [1.29, 1.82) is 0 Å². The molecule has 1 fully saturated rings. The number of aryl methyl sites for hydroxylation is 1. The first kappa shape index (κ1) is 15.7. The fraction of sp³-hybridized carbons (Fsp3) is 0.600. The van der Waals surface area contributed by atoms with Gasteiger partial charge >= 0.3 is 0 Å². The average Bonchev–Trinajstić information content (AvgIpc) is 3.24. The van der Waals surface area contributed by atoms with Crippen molar-refractivity contribution in [3.8, 4) is 0 Å². The second-order valence-electron chi connectivity index (χ2n) is 5.57. The zero-order valence-corrected chi connectivity index (χ0v) is 13.3. The Labute approximate surface area is 134 Å². The van der Waals surface area contributed by atoms with Gasteiger partial charge in [0.1, 0.15) is 18.0 Å². The summed E-state index contributed by atoms with van der Waals surface area (Å²) in [6, 6.07) is 2.08. The molecule has 124 valence electrons. The highest BCUT2D eigenvalue weighted by molar-refractivity contribution is 5.49. The minimum Gasteiger partial charge on any atom is -0.394 e. The Bertz CT molecular complexity index is 632. The fourth-order valence-corrected chi connectivity index (χ4v) is 2.77. The number of hydrogen-bond acceptors (Lipinski definition) is 8. The Kier molecular flexibility index (Phi) is 5.02. The van der Waals surface area contributed by atoms with Crippen LogP contribution in [-0.2, 0) is 12.8 Å². The van der Waals surface area contributed by atoms with E-state index in [0.717, 1.165) is 37.4 Å². The molecular weight excluding hydrogens is 296 g/mol. The first-order valence-electron chi connectivity index (χ1n) is 8.05. The normalized spacial score (nSPS) is 17.7. The number of aliphatic hydroxyl groups is 1. The minimum absolute atomic E-state index is 0.157. The van der Waals surface area contributed by atoms with Gasteiger partial charge in [0.05, 0.1) is 12.6 Å². The van der Waals surface area contributed by atoms with Crippen LogP contribution >= 0.6 is 0 Å². The lowest BCUT2D eigenvalue weighted by atomic mass is 10.2. The Morgan fingerprint density at radius 3 is 3.13 bits per heavy atom. The molecule has 0 aromatic carbocycles. The van der Waals surface area contributed by atoms with Gasteiger partial charge in [-0.2, -0.15) is 4.98 Å². The molecule has 2 N–H and O–H groups in total. The molecule has 2 aromatic heterocycles. The molecule has 1 atom stereocenters. The monoisotopic (exact) mass is 318 g/mol. The number of aliphatic hydroxyl groups excluding tert-OH is 1. The van der Waals surface area contributed by atoms with Crippen LogP contribution in [0.2, 0.25) is 0 Å². The molecule has 23 heavy (non-hydrogen) atoms. The predicted molar refractivity (Wildman–Crippen MR) is 85.4 cm³/mol. The first-order valence-corrected chi connectivity index (χ1v) is 8.05. The minimum atomic E-state index is 0.157. The van der Waals surface area contributed by atoms with Gasteiger partial charge in [0.15, 0.2) is 5.82 Å². The number of hydrogen-bond donors (Lipinski definition) is 2. The van der Waals surface area contributed by atoms with Crippen LogP contribution in [0.1, 0.15) is 31.5 Å². The van der Waals surface area contributed by atoms with Crippen LogP contribution in [0.4, 0.5) is 11.6 Å². The van der Waals surface area contributed by atoms with Gasteiger partial charge < -0.3 is 19.8 Å². The summed E-state index contributed by atoms with van der Waals surface area (Å²) < 4.78 is 5.08. The summed E-state index contributed by atoms with van der Waals surface area (Å²) in [6.45, 7) is 3.73. The molecule has 1 saturated heterocycles. The van der Waals surface area contributed by atoms with Crippen LogP contribution in [0.25, 0.3) is 0 Å². The number of aromatic nitrogens is 4. The maximum absolute atomic E-state index is 9.43. The average molecular weight is 318 g/mol. The van der Waals surface area contributed by atoms with E-state index in [0.29, 0.717) is 24.7 Å². The second kappa shape index (κ2) is 7.36. The highest BCUT2D eigenvalue weighted by Crippen LogP contribution is 2.24. The highest BCUT2D eigenvalue weighted by atomic mass is 16.5. The van der Waals surface area contributed by atoms with Gasteiger partial charge in [-0.15, -0.1) is 0 Å². The molecule has 0 bridgehead atoms. The molecule has 1 aliphatic rings. The van der Waals surface area contributed by atoms with Gasteiger partial charge in [-0.25, -0.2) is 9.97 Å². The van der Waals surface area contributed by atoms with Crippen molar-refractivity contribution in [3.05, 3.63) is 24.1 Å². The van der Waals surface area contributed by atoms with E-state index in [1.807, 2.05) is 13.0 Å². The third-order valence-corrected chi connectivity index (χ3v) is 4.00. The third-order valence-electron chi connectivity index (χ3n) is 4.00. The zero-order chi connectivity index (χ0) is 16.1.